The maximum Gasteiger partial charge on any atom is 0.269 e. The van der Waals surface area contributed by atoms with Crippen molar-refractivity contribution in [3.8, 4) is 6.07 Å². The van der Waals surface area contributed by atoms with E-state index in [0.29, 0.717) is 17.3 Å². The summed E-state index contributed by atoms with van der Waals surface area (Å²) < 4.78 is 6.40. The van der Waals surface area contributed by atoms with Crippen LogP contribution < -0.4 is 20.5 Å². The Balaban J connectivity index is 1.37. The van der Waals surface area contributed by atoms with Gasteiger partial charge in [0.1, 0.15) is 19.6 Å². The lowest BCUT2D eigenvalue weighted by atomic mass is 9.73. The Bertz CT molecular complexity index is 2060. The summed E-state index contributed by atoms with van der Waals surface area (Å²) in [6.07, 6.45) is 10.0. The summed E-state index contributed by atoms with van der Waals surface area (Å²) in [5.41, 5.74) is 5.87. The van der Waals surface area contributed by atoms with Gasteiger partial charge in [-0.05, 0) is 98.4 Å². The number of hydrogen-bond acceptors (Lipinski definition) is 3. The van der Waals surface area contributed by atoms with Gasteiger partial charge in [0.15, 0.2) is 0 Å². The van der Waals surface area contributed by atoms with Gasteiger partial charge in [0, 0.05) is 24.2 Å². The SMILES string of the molecule is [C-]#[N+]/C(C#N)=C1C=C(/C=C/c2cc3c4c(c2)C(C)(C)CCN4CCC3C[Si](c2ccccc2)(c2ccccc2)c2ccccc2)OC(C(C)(C)C)=C\1. The third-order valence-electron chi connectivity index (χ3n) is 11.2. The van der Waals surface area contributed by atoms with Crippen LogP contribution in [0.4, 0.5) is 5.69 Å². The third kappa shape index (κ3) is 6.58. The summed E-state index contributed by atoms with van der Waals surface area (Å²) >= 11 is 0. The fraction of sp³-hybridized carbons (Fsp3) is 0.277. The van der Waals surface area contributed by atoms with E-state index in [-0.39, 0.29) is 16.5 Å². The first-order valence-corrected chi connectivity index (χ1v) is 20.7. The molecule has 0 saturated carbocycles. The van der Waals surface area contributed by atoms with Gasteiger partial charge in [-0.1, -0.05) is 132 Å². The van der Waals surface area contributed by atoms with E-state index < -0.39 is 8.07 Å². The van der Waals surface area contributed by atoms with E-state index in [1.165, 1.54) is 32.4 Å². The van der Waals surface area contributed by atoms with Gasteiger partial charge in [-0.2, -0.15) is 0 Å². The number of rotatable bonds is 7. The molecule has 4 aromatic carbocycles. The molecule has 0 spiro atoms. The predicted molar refractivity (Wildman–Crippen MR) is 217 cm³/mol. The van der Waals surface area contributed by atoms with Gasteiger partial charge in [-0.15, -0.1) is 0 Å². The van der Waals surface area contributed by atoms with Crippen LogP contribution in [0.25, 0.3) is 10.9 Å². The van der Waals surface area contributed by atoms with Crippen molar-refractivity contribution in [2.24, 2.45) is 5.41 Å². The Morgan fingerprint density at radius 3 is 2.04 bits per heavy atom. The number of ether oxygens (including phenoxy) is 1. The van der Waals surface area contributed by atoms with Crippen LogP contribution in [-0.2, 0) is 10.2 Å². The molecule has 0 amide bonds. The Morgan fingerprint density at radius 1 is 0.904 bits per heavy atom. The largest absolute Gasteiger partial charge is 0.461 e. The molecular formula is C47H47N3OSi. The normalized spacial score (nSPS) is 19.1. The van der Waals surface area contributed by atoms with Gasteiger partial charge in [0.05, 0.1) is 12.6 Å². The van der Waals surface area contributed by atoms with E-state index in [9.17, 15) is 5.26 Å². The third-order valence-corrected chi connectivity index (χ3v) is 16.3. The van der Waals surface area contributed by atoms with Crippen molar-refractivity contribution >= 4 is 35.4 Å². The molecule has 3 aliphatic rings. The number of nitriles is 1. The molecule has 5 heteroatoms. The van der Waals surface area contributed by atoms with Crippen LogP contribution in [-0.4, -0.2) is 21.2 Å². The van der Waals surface area contributed by atoms with Crippen LogP contribution in [0.1, 0.15) is 70.1 Å². The lowest BCUT2D eigenvalue weighted by molar-refractivity contribution is 0.223. The second-order valence-corrected chi connectivity index (χ2v) is 20.0. The molecule has 0 N–H and O–H groups in total. The maximum atomic E-state index is 9.69. The Morgan fingerprint density at radius 2 is 1.50 bits per heavy atom. The highest BCUT2D eigenvalue weighted by Gasteiger charge is 2.44. The molecule has 1 unspecified atom stereocenters. The van der Waals surface area contributed by atoms with Gasteiger partial charge in [-0.25, -0.2) is 10.1 Å². The lowest BCUT2D eigenvalue weighted by Gasteiger charge is -2.47. The molecule has 1 atom stereocenters. The molecule has 0 aliphatic carbocycles. The number of nitrogens with zero attached hydrogens (tertiary/aromatic N) is 3. The molecule has 0 bridgehead atoms. The van der Waals surface area contributed by atoms with E-state index in [4.69, 9.17) is 11.3 Å². The smallest absolute Gasteiger partial charge is 0.269 e. The number of allylic oxidation sites excluding steroid dienone is 6. The van der Waals surface area contributed by atoms with E-state index in [1.54, 1.807) is 0 Å². The molecule has 4 aromatic rings. The summed E-state index contributed by atoms with van der Waals surface area (Å²) in [4.78, 5) is 6.15. The van der Waals surface area contributed by atoms with Crippen LogP contribution >= 0.6 is 0 Å². The fourth-order valence-electron chi connectivity index (χ4n) is 8.35. The molecule has 3 heterocycles. The van der Waals surface area contributed by atoms with E-state index >= 15 is 0 Å². The molecule has 4 nitrogen and oxygen atoms in total. The summed E-state index contributed by atoms with van der Waals surface area (Å²) in [6, 6.07) is 41.9. The van der Waals surface area contributed by atoms with E-state index in [1.807, 2.05) is 18.2 Å². The van der Waals surface area contributed by atoms with Crippen molar-refractivity contribution in [1.82, 2.24) is 0 Å². The number of hydrogen-bond donors (Lipinski definition) is 0. The number of benzene rings is 4. The van der Waals surface area contributed by atoms with Crippen molar-refractivity contribution in [2.75, 3.05) is 18.0 Å². The van der Waals surface area contributed by atoms with Gasteiger partial charge < -0.3 is 9.64 Å². The minimum absolute atomic E-state index is 0.0368. The minimum Gasteiger partial charge on any atom is -0.461 e. The molecule has 260 valence electrons. The highest BCUT2D eigenvalue weighted by atomic mass is 28.3. The van der Waals surface area contributed by atoms with Gasteiger partial charge in [0.25, 0.3) is 5.70 Å². The van der Waals surface area contributed by atoms with Crippen LogP contribution in [0, 0.1) is 23.3 Å². The zero-order valence-electron chi connectivity index (χ0n) is 31.0. The maximum absolute atomic E-state index is 9.69. The zero-order chi connectivity index (χ0) is 36.5. The van der Waals surface area contributed by atoms with Crippen molar-refractivity contribution < 1.29 is 4.74 Å². The standard InChI is InChI=1S/C47H47N3OSi/c1-46(2,3)44-31-36(43(32-48)49-6)30-37(51-44)23-22-34-28-41-35(24-26-50-27-25-47(4,5)42(29-34)45(41)50)33-52(38-16-10-7-11-17-38,39-18-12-8-13-19-39)40-20-14-9-15-21-40/h7-23,28-31,35H,24-27,33H2,1-5H3/b23-22+,43-36+. The zero-order valence-corrected chi connectivity index (χ0v) is 32.0. The quantitative estimate of drug-likeness (QED) is 0.0837. The summed E-state index contributed by atoms with van der Waals surface area (Å²) in [7, 11) is -2.49. The molecule has 0 radical (unpaired) electrons. The molecule has 0 aromatic heterocycles. The van der Waals surface area contributed by atoms with Crippen LogP contribution in [0.5, 0.6) is 0 Å². The minimum atomic E-state index is -2.49. The Hall–Kier alpha value is -5.36. The predicted octanol–water partition coefficient (Wildman–Crippen LogP) is 9.39. The van der Waals surface area contributed by atoms with E-state index in [0.717, 1.165) is 43.3 Å². The summed E-state index contributed by atoms with van der Waals surface area (Å²) in [6.45, 7) is 20.8. The number of anilines is 1. The van der Waals surface area contributed by atoms with Crippen molar-refractivity contribution in [3.63, 3.8) is 0 Å². The second kappa shape index (κ2) is 14.0. The Labute approximate surface area is 310 Å². The van der Waals surface area contributed by atoms with Crippen molar-refractivity contribution in [2.45, 2.75) is 64.8 Å². The van der Waals surface area contributed by atoms with Gasteiger partial charge >= 0.3 is 0 Å². The lowest BCUT2D eigenvalue weighted by Crippen LogP contribution is -2.67. The van der Waals surface area contributed by atoms with Crippen LogP contribution in [0.3, 0.4) is 0 Å². The molecular weight excluding hydrogens is 651 g/mol. The van der Waals surface area contributed by atoms with Crippen molar-refractivity contribution in [1.29, 1.82) is 5.26 Å². The topological polar surface area (TPSA) is 40.6 Å². The average Bonchev–Trinajstić information content (AvgIpc) is 3.16. The monoisotopic (exact) mass is 697 g/mol. The Kier molecular flexibility index (Phi) is 9.43. The molecule has 3 aliphatic heterocycles. The fourth-order valence-corrected chi connectivity index (χ4v) is 13.5. The van der Waals surface area contributed by atoms with Gasteiger partial charge in [-0.3, -0.25) is 0 Å². The van der Waals surface area contributed by atoms with Gasteiger partial charge in [0.2, 0.25) is 0 Å². The van der Waals surface area contributed by atoms with Crippen LogP contribution in [0.2, 0.25) is 6.04 Å². The first-order valence-electron chi connectivity index (χ1n) is 18.4. The first-order chi connectivity index (χ1) is 25.0. The van der Waals surface area contributed by atoms with Crippen LogP contribution in [0.15, 0.2) is 144 Å². The molecule has 0 saturated heterocycles. The molecule has 7 rings (SSSR count). The highest BCUT2D eigenvalue weighted by Crippen LogP contribution is 2.49. The first kappa shape index (κ1) is 35.1. The van der Waals surface area contributed by atoms with Crippen molar-refractivity contribution in [3.05, 3.63) is 172 Å². The summed E-state index contributed by atoms with van der Waals surface area (Å²) in [5, 5.41) is 14.0. The average molecular weight is 698 g/mol. The second-order valence-electron chi connectivity index (χ2n) is 16.1. The molecule has 0 fully saturated rings. The highest BCUT2D eigenvalue weighted by molar-refractivity contribution is 7.11. The van der Waals surface area contributed by atoms with E-state index in [2.05, 4.69) is 160 Å². The molecule has 52 heavy (non-hydrogen) atoms. The summed E-state index contributed by atoms with van der Waals surface area (Å²) in [5.74, 6) is 1.74.